The number of nitrogens with one attached hydrogen (secondary N) is 2. The Hall–Kier alpha value is -2.66. The molecule has 1 aliphatic rings. The normalized spacial score (nSPS) is 15.2. The lowest BCUT2D eigenvalue weighted by Crippen LogP contribution is -2.33. The van der Waals surface area contributed by atoms with E-state index in [1.807, 2.05) is 12.1 Å². The van der Waals surface area contributed by atoms with Crippen LogP contribution >= 0.6 is 35.2 Å². The van der Waals surface area contributed by atoms with Crippen molar-refractivity contribution in [2.45, 2.75) is 26.2 Å². The summed E-state index contributed by atoms with van der Waals surface area (Å²) in [6.07, 6.45) is 2.94. The summed E-state index contributed by atoms with van der Waals surface area (Å²) in [5.41, 5.74) is 2.55. The highest BCUT2D eigenvalue weighted by molar-refractivity contribution is 7.80. The molecule has 8 heteroatoms. The minimum Gasteiger partial charge on any atom is -0.451 e. The number of nitrogens with zero attached hydrogens (tertiary/aromatic N) is 1. The number of hydrogen-bond donors (Lipinski definition) is 2. The molecule has 4 rings (SSSR count). The second-order valence-corrected chi connectivity index (χ2v) is 9.20. The molecular weight excluding hydrogens is 438 g/mol. The summed E-state index contributed by atoms with van der Waals surface area (Å²) in [6.45, 7) is 2.22. The number of carbonyl (C=O) groups excluding carboxylic acids is 1. The monoisotopic (exact) mass is 455 g/mol. The van der Waals surface area contributed by atoms with Crippen molar-refractivity contribution in [2.24, 2.45) is 5.92 Å². The van der Waals surface area contributed by atoms with Crippen LogP contribution in [0.5, 0.6) is 0 Å². The Labute approximate surface area is 188 Å². The number of fused-ring (bicyclic) bond motifs is 1. The van der Waals surface area contributed by atoms with Crippen molar-refractivity contribution in [1.82, 2.24) is 5.32 Å². The van der Waals surface area contributed by atoms with E-state index < -0.39 is 5.91 Å². The third-order valence-corrected chi connectivity index (χ3v) is 6.66. The van der Waals surface area contributed by atoms with Crippen LogP contribution in [0.3, 0.4) is 0 Å². The number of carbonyl (C=O) groups is 1. The molecule has 0 saturated carbocycles. The van der Waals surface area contributed by atoms with Crippen LogP contribution in [-0.2, 0) is 12.8 Å². The van der Waals surface area contributed by atoms with Gasteiger partial charge in [0.15, 0.2) is 10.9 Å². The van der Waals surface area contributed by atoms with Crippen LogP contribution < -0.4 is 10.6 Å². The molecular formula is C22H18ClN3O2S2. The van der Waals surface area contributed by atoms with Gasteiger partial charge in [-0.15, -0.1) is 11.3 Å². The number of rotatable bonds is 3. The summed E-state index contributed by atoms with van der Waals surface area (Å²) in [7, 11) is 0. The number of nitriles is 1. The van der Waals surface area contributed by atoms with Crippen LogP contribution in [0.2, 0.25) is 5.02 Å². The first-order valence-electron chi connectivity index (χ1n) is 9.47. The van der Waals surface area contributed by atoms with E-state index in [1.165, 1.54) is 16.2 Å². The SMILES string of the molecule is C[C@H]1CCc2c(sc(NC(=S)NC(=O)c3ccc(-c4ccc(Cl)cc4)o3)c2C#N)C1. The van der Waals surface area contributed by atoms with E-state index in [1.54, 1.807) is 24.3 Å². The van der Waals surface area contributed by atoms with Crippen molar-refractivity contribution in [2.75, 3.05) is 5.32 Å². The quantitative estimate of drug-likeness (QED) is 0.489. The molecule has 0 aliphatic heterocycles. The lowest BCUT2D eigenvalue weighted by Gasteiger charge is -2.17. The molecule has 0 saturated heterocycles. The van der Waals surface area contributed by atoms with Crippen LogP contribution in [0.15, 0.2) is 40.8 Å². The number of halogens is 1. The molecule has 1 aromatic carbocycles. The lowest BCUT2D eigenvalue weighted by atomic mass is 9.89. The molecule has 0 fully saturated rings. The van der Waals surface area contributed by atoms with E-state index >= 15 is 0 Å². The second-order valence-electron chi connectivity index (χ2n) is 7.25. The summed E-state index contributed by atoms with van der Waals surface area (Å²) < 4.78 is 5.65. The third-order valence-electron chi connectivity index (χ3n) is 5.04. The molecule has 0 bridgehead atoms. The number of hydrogen-bond acceptors (Lipinski definition) is 5. The van der Waals surface area contributed by atoms with E-state index in [0.29, 0.717) is 27.3 Å². The summed E-state index contributed by atoms with van der Waals surface area (Å²) in [5.74, 6) is 0.851. The average Bonchev–Trinajstić information content (AvgIpc) is 3.32. The molecule has 1 atom stereocenters. The Balaban J connectivity index is 1.44. The van der Waals surface area contributed by atoms with Crippen LogP contribution in [0.1, 0.15) is 39.9 Å². The Morgan fingerprint density at radius 3 is 2.80 bits per heavy atom. The largest absolute Gasteiger partial charge is 0.451 e. The van der Waals surface area contributed by atoms with Crippen molar-refractivity contribution in [3.05, 3.63) is 63.2 Å². The van der Waals surface area contributed by atoms with Gasteiger partial charge in [0.1, 0.15) is 16.8 Å². The highest BCUT2D eigenvalue weighted by atomic mass is 35.5. The van der Waals surface area contributed by atoms with Gasteiger partial charge in [0, 0.05) is 15.5 Å². The smallest absolute Gasteiger partial charge is 0.293 e. The van der Waals surface area contributed by atoms with Gasteiger partial charge in [-0.05, 0) is 79.4 Å². The summed E-state index contributed by atoms with van der Waals surface area (Å²) in [5, 5.41) is 16.7. The predicted molar refractivity (Wildman–Crippen MR) is 123 cm³/mol. The van der Waals surface area contributed by atoms with E-state index in [0.717, 1.165) is 30.4 Å². The molecule has 1 amide bonds. The zero-order chi connectivity index (χ0) is 21.3. The zero-order valence-corrected chi connectivity index (χ0v) is 18.5. The fourth-order valence-electron chi connectivity index (χ4n) is 3.49. The van der Waals surface area contributed by atoms with Gasteiger partial charge in [0.05, 0.1) is 5.56 Å². The Kier molecular flexibility index (Phi) is 5.91. The van der Waals surface area contributed by atoms with Gasteiger partial charge in [0.2, 0.25) is 0 Å². The number of benzene rings is 1. The number of thiophene rings is 1. The molecule has 2 N–H and O–H groups in total. The van der Waals surface area contributed by atoms with Gasteiger partial charge >= 0.3 is 0 Å². The molecule has 30 heavy (non-hydrogen) atoms. The Morgan fingerprint density at radius 2 is 2.07 bits per heavy atom. The first-order valence-corrected chi connectivity index (χ1v) is 11.1. The van der Waals surface area contributed by atoms with Gasteiger partial charge in [-0.2, -0.15) is 5.26 Å². The summed E-state index contributed by atoms with van der Waals surface area (Å²) >= 11 is 12.7. The number of anilines is 1. The van der Waals surface area contributed by atoms with Crippen LogP contribution in [0.25, 0.3) is 11.3 Å². The van der Waals surface area contributed by atoms with Crippen molar-refractivity contribution >= 4 is 51.2 Å². The first-order chi connectivity index (χ1) is 14.4. The molecule has 0 radical (unpaired) electrons. The van der Waals surface area contributed by atoms with Gasteiger partial charge in [-0.25, -0.2) is 0 Å². The van der Waals surface area contributed by atoms with E-state index in [9.17, 15) is 10.1 Å². The van der Waals surface area contributed by atoms with E-state index in [-0.39, 0.29) is 10.9 Å². The Bertz CT molecular complexity index is 1160. The van der Waals surface area contributed by atoms with Crippen molar-refractivity contribution in [1.29, 1.82) is 5.26 Å². The number of thiocarbonyl (C=S) groups is 1. The third kappa shape index (κ3) is 4.26. The van der Waals surface area contributed by atoms with Gasteiger partial charge in [-0.3, -0.25) is 10.1 Å². The molecule has 3 aromatic rings. The maximum Gasteiger partial charge on any atom is 0.293 e. The van der Waals surface area contributed by atoms with Crippen LogP contribution in [0.4, 0.5) is 5.00 Å². The van der Waals surface area contributed by atoms with E-state index in [4.69, 9.17) is 28.2 Å². The lowest BCUT2D eigenvalue weighted by molar-refractivity contribution is 0.0951. The Morgan fingerprint density at radius 1 is 1.30 bits per heavy atom. The molecule has 2 heterocycles. The van der Waals surface area contributed by atoms with Crippen LogP contribution in [0, 0.1) is 17.2 Å². The molecule has 1 aliphatic carbocycles. The molecule has 0 spiro atoms. The van der Waals surface area contributed by atoms with Crippen molar-refractivity contribution in [3.8, 4) is 17.4 Å². The summed E-state index contributed by atoms with van der Waals surface area (Å²) in [4.78, 5) is 13.7. The minimum atomic E-state index is -0.457. The van der Waals surface area contributed by atoms with Gasteiger partial charge < -0.3 is 9.73 Å². The van der Waals surface area contributed by atoms with Gasteiger partial charge in [0.25, 0.3) is 5.91 Å². The van der Waals surface area contributed by atoms with Crippen LogP contribution in [-0.4, -0.2) is 11.0 Å². The number of amides is 1. The predicted octanol–water partition coefficient (Wildman–Crippen LogP) is 5.78. The second kappa shape index (κ2) is 8.60. The molecule has 2 aromatic heterocycles. The highest BCUT2D eigenvalue weighted by Crippen LogP contribution is 2.39. The fourth-order valence-corrected chi connectivity index (χ4v) is 5.24. The van der Waals surface area contributed by atoms with E-state index in [2.05, 4.69) is 23.6 Å². The number of furan rings is 1. The minimum absolute atomic E-state index is 0.132. The average molecular weight is 456 g/mol. The first kappa shape index (κ1) is 20.6. The molecule has 5 nitrogen and oxygen atoms in total. The van der Waals surface area contributed by atoms with Gasteiger partial charge in [-0.1, -0.05) is 18.5 Å². The molecule has 0 unspecified atom stereocenters. The standard InChI is InChI=1S/C22H18ClN3O2S2/c1-12-2-7-15-16(11-24)21(30-19(15)10-12)26-22(29)25-20(27)18-9-8-17(28-18)13-3-5-14(23)6-4-13/h3-6,8-9,12H,2,7,10H2,1H3,(H2,25,26,27,29)/t12-/m0/s1. The summed E-state index contributed by atoms with van der Waals surface area (Å²) in [6, 6.07) is 12.7. The topological polar surface area (TPSA) is 78.1 Å². The van der Waals surface area contributed by atoms with Crippen molar-refractivity contribution in [3.63, 3.8) is 0 Å². The highest BCUT2D eigenvalue weighted by Gasteiger charge is 2.24. The molecule has 152 valence electrons. The van der Waals surface area contributed by atoms with Crippen molar-refractivity contribution < 1.29 is 9.21 Å². The maximum atomic E-state index is 12.5. The fraction of sp³-hybridized carbons (Fsp3) is 0.227. The zero-order valence-electron chi connectivity index (χ0n) is 16.1. The maximum absolute atomic E-state index is 12.5.